The number of ether oxygens (including phenoxy) is 1. The van der Waals surface area contributed by atoms with Crippen LogP contribution in [0.4, 0.5) is 5.95 Å². The number of carbonyl (C=O) groups is 1. The SMILES string of the molecule is Cc1csc2nc(N)nc(C3Cc4ccc(OC(=O)c5ccccc5)cc4C3)c12. The maximum Gasteiger partial charge on any atom is 0.343 e. The van der Waals surface area contributed by atoms with Crippen LogP contribution in [0, 0.1) is 6.92 Å². The van der Waals surface area contributed by atoms with Crippen LogP contribution in [0.2, 0.25) is 0 Å². The fourth-order valence-electron chi connectivity index (χ4n) is 4.02. The minimum Gasteiger partial charge on any atom is -0.423 e. The van der Waals surface area contributed by atoms with Gasteiger partial charge in [0.1, 0.15) is 10.6 Å². The largest absolute Gasteiger partial charge is 0.423 e. The number of rotatable bonds is 3. The summed E-state index contributed by atoms with van der Waals surface area (Å²) in [6, 6.07) is 14.9. The van der Waals surface area contributed by atoms with Crippen LogP contribution < -0.4 is 10.5 Å². The molecule has 0 amide bonds. The molecule has 0 radical (unpaired) electrons. The van der Waals surface area contributed by atoms with Crippen molar-refractivity contribution < 1.29 is 9.53 Å². The molecule has 0 fully saturated rings. The topological polar surface area (TPSA) is 78.1 Å². The molecule has 1 atom stereocenters. The minimum absolute atomic E-state index is 0.242. The molecule has 1 aliphatic rings. The molecule has 2 N–H and O–H groups in total. The van der Waals surface area contributed by atoms with Crippen LogP contribution in [-0.4, -0.2) is 15.9 Å². The maximum atomic E-state index is 12.3. The smallest absolute Gasteiger partial charge is 0.343 e. The molecule has 1 aliphatic carbocycles. The lowest BCUT2D eigenvalue weighted by molar-refractivity contribution is 0.0734. The van der Waals surface area contributed by atoms with Crippen LogP contribution in [0.15, 0.2) is 53.9 Å². The summed E-state index contributed by atoms with van der Waals surface area (Å²) in [5.74, 6) is 0.783. The van der Waals surface area contributed by atoms with E-state index in [4.69, 9.17) is 10.5 Å². The molecule has 0 saturated carbocycles. The number of aromatic nitrogens is 2. The lowest BCUT2D eigenvalue weighted by Gasteiger charge is -2.11. The molecule has 5 nitrogen and oxygen atoms in total. The Bertz CT molecular complexity index is 1230. The van der Waals surface area contributed by atoms with Crippen molar-refractivity contribution in [2.75, 3.05) is 5.73 Å². The van der Waals surface area contributed by atoms with E-state index in [1.807, 2.05) is 36.4 Å². The number of hydrogen-bond donors (Lipinski definition) is 1. The molecular weight excluding hydrogens is 382 g/mol. The van der Waals surface area contributed by atoms with Crippen molar-refractivity contribution in [1.29, 1.82) is 0 Å². The summed E-state index contributed by atoms with van der Waals surface area (Å²) in [5, 5.41) is 3.23. The fraction of sp³-hybridized carbons (Fsp3) is 0.174. The molecule has 2 heterocycles. The second-order valence-electron chi connectivity index (χ2n) is 7.36. The highest BCUT2D eigenvalue weighted by Crippen LogP contribution is 2.39. The van der Waals surface area contributed by atoms with Crippen molar-refractivity contribution in [3.8, 4) is 5.75 Å². The predicted octanol–water partition coefficient (Wildman–Crippen LogP) is 4.68. The summed E-state index contributed by atoms with van der Waals surface area (Å²) in [7, 11) is 0. The van der Waals surface area contributed by atoms with Gasteiger partial charge in [0.05, 0.1) is 11.3 Å². The van der Waals surface area contributed by atoms with Gasteiger partial charge in [0.25, 0.3) is 0 Å². The summed E-state index contributed by atoms with van der Waals surface area (Å²) >= 11 is 1.60. The summed E-state index contributed by atoms with van der Waals surface area (Å²) in [6.45, 7) is 2.09. The summed E-state index contributed by atoms with van der Waals surface area (Å²) in [4.78, 5) is 22.3. The lowest BCUT2D eigenvalue weighted by Crippen LogP contribution is -2.08. The van der Waals surface area contributed by atoms with Gasteiger partial charge < -0.3 is 10.5 Å². The Morgan fingerprint density at radius 2 is 1.90 bits per heavy atom. The van der Waals surface area contributed by atoms with Crippen LogP contribution in [-0.2, 0) is 12.8 Å². The van der Waals surface area contributed by atoms with E-state index in [9.17, 15) is 4.79 Å². The fourth-order valence-corrected chi connectivity index (χ4v) is 4.96. The second-order valence-corrected chi connectivity index (χ2v) is 8.22. The van der Waals surface area contributed by atoms with Crippen molar-refractivity contribution in [2.45, 2.75) is 25.7 Å². The van der Waals surface area contributed by atoms with Crippen LogP contribution in [0.5, 0.6) is 5.75 Å². The zero-order valence-corrected chi connectivity index (χ0v) is 16.7. The number of benzene rings is 2. The number of carbonyl (C=O) groups excluding carboxylic acids is 1. The van der Waals surface area contributed by atoms with Crippen LogP contribution in [0.3, 0.4) is 0 Å². The molecule has 4 aromatic rings. The van der Waals surface area contributed by atoms with Gasteiger partial charge in [-0.2, -0.15) is 0 Å². The predicted molar refractivity (Wildman–Crippen MR) is 115 cm³/mol. The van der Waals surface area contributed by atoms with Crippen molar-refractivity contribution in [3.63, 3.8) is 0 Å². The highest BCUT2D eigenvalue weighted by molar-refractivity contribution is 7.17. The van der Waals surface area contributed by atoms with Crippen molar-refractivity contribution >= 4 is 33.5 Å². The third-order valence-electron chi connectivity index (χ3n) is 5.38. The molecule has 0 saturated heterocycles. The van der Waals surface area contributed by atoms with Crippen molar-refractivity contribution in [2.24, 2.45) is 0 Å². The molecule has 5 rings (SSSR count). The van der Waals surface area contributed by atoms with Crippen LogP contribution >= 0.6 is 11.3 Å². The molecular formula is C23H19N3O2S. The molecule has 0 aliphatic heterocycles. The number of anilines is 1. The van der Waals surface area contributed by atoms with Gasteiger partial charge in [-0.1, -0.05) is 24.3 Å². The molecule has 0 spiro atoms. The normalized spacial score (nSPS) is 15.4. The number of nitrogen functional groups attached to an aromatic ring is 1. The van der Waals surface area contributed by atoms with E-state index < -0.39 is 0 Å². The first-order valence-corrected chi connectivity index (χ1v) is 10.4. The van der Waals surface area contributed by atoms with Gasteiger partial charge >= 0.3 is 5.97 Å². The number of nitrogens with zero attached hydrogens (tertiary/aromatic N) is 2. The zero-order valence-electron chi connectivity index (χ0n) is 15.9. The Morgan fingerprint density at radius 1 is 1.10 bits per heavy atom. The Balaban J connectivity index is 1.42. The van der Waals surface area contributed by atoms with E-state index in [0.29, 0.717) is 17.3 Å². The van der Waals surface area contributed by atoms with Gasteiger partial charge in [-0.05, 0) is 66.1 Å². The number of fused-ring (bicyclic) bond motifs is 2. The Morgan fingerprint density at radius 3 is 2.72 bits per heavy atom. The third-order valence-corrected chi connectivity index (χ3v) is 6.37. The quantitative estimate of drug-likeness (QED) is 0.398. The number of hydrogen-bond acceptors (Lipinski definition) is 6. The standard InChI is InChI=1S/C23H19N3O2S/c1-13-12-29-21-19(13)20(25-23(24)26-21)17-9-15-7-8-18(11-16(15)10-17)28-22(27)14-5-3-2-4-6-14/h2-8,11-12,17H,9-10H2,1H3,(H2,24,25,26). The van der Waals surface area contributed by atoms with E-state index >= 15 is 0 Å². The molecule has 2 aromatic heterocycles. The van der Waals surface area contributed by atoms with Gasteiger partial charge in [-0.25, -0.2) is 14.8 Å². The zero-order chi connectivity index (χ0) is 20.0. The molecule has 29 heavy (non-hydrogen) atoms. The summed E-state index contributed by atoms with van der Waals surface area (Å²) in [5.41, 5.74) is 11.2. The highest BCUT2D eigenvalue weighted by atomic mass is 32.1. The first kappa shape index (κ1) is 17.8. The summed E-state index contributed by atoms with van der Waals surface area (Å²) < 4.78 is 5.58. The Labute approximate surface area is 172 Å². The average molecular weight is 401 g/mol. The van der Waals surface area contributed by atoms with E-state index in [1.54, 1.807) is 23.5 Å². The van der Waals surface area contributed by atoms with E-state index in [-0.39, 0.29) is 11.9 Å². The lowest BCUT2D eigenvalue weighted by atomic mass is 9.98. The van der Waals surface area contributed by atoms with E-state index in [1.165, 1.54) is 16.7 Å². The average Bonchev–Trinajstić information content (AvgIpc) is 3.31. The van der Waals surface area contributed by atoms with Gasteiger partial charge in [0.2, 0.25) is 5.95 Å². The first-order valence-electron chi connectivity index (χ1n) is 9.48. The molecule has 2 aromatic carbocycles. The van der Waals surface area contributed by atoms with Gasteiger partial charge in [0.15, 0.2) is 0 Å². The van der Waals surface area contributed by atoms with Gasteiger partial charge in [-0.15, -0.1) is 11.3 Å². The second kappa shape index (κ2) is 6.97. The van der Waals surface area contributed by atoms with E-state index in [2.05, 4.69) is 22.3 Å². The number of thiophene rings is 1. The highest BCUT2D eigenvalue weighted by Gasteiger charge is 2.27. The molecule has 144 valence electrons. The Hall–Kier alpha value is -3.25. The molecule has 6 heteroatoms. The number of nitrogens with two attached hydrogens (primary N) is 1. The number of esters is 1. The monoisotopic (exact) mass is 401 g/mol. The van der Waals surface area contributed by atoms with Gasteiger partial charge in [0, 0.05) is 11.3 Å². The Kier molecular flexibility index (Phi) is 4.28. The molecule has 1 unspecified atom stereocenters. The van der Waals surface area contributed by atoms with Gasteiger partial charge in [-0.3, -0.25) is 0 Å². The van der Waals surface area contributed by atoms with Crippen LogP contribution in [0.25, 0.3) is 10.2 Å². The molecule has 0 bridgehead atoms. The van der Waals surface area contributed by atoms with Crippen molar-refractivity contribution in [1.82, 2.24) is 9.97 Å². The maximum absolute atomic E-state index is 12.3. The number of aryl methyl sites for hydroxylation is 1. The first-order chi connectivity index (χ1) is 14.1. The summed E-state index contributed by atoms with van der Waals surface area (Å²) in [6.07, 6.45) is 1.73. The third kappa shape index (κ3) is 3.25. The minimum atomic E-state index is -0.348. The van der Waals surface area contributed by atoms with Crippen LogP contribution in [0.1, 0.15) is 38.7 Å². The van der Waals surface area contributed by atoms with E-state index in [0.717, 1.165) is 28.8 Å². The van der Waals surface area contributed by atoms with Crippen molar-refractivity contribution in [3.05, 3.63) is 81.9 Å².